The Bertz CT molecular complexity index is 394. The van der Waals surface area contributed by atoms with Crippen molar-refractivity contribution in [2.45, 2.75) is 13.0 Å². The predicted octanol–water partition coefficient (Wildman–Crippen LogP) is 1.51. The zero-order valence-corrected chi connectivity index (χ0v) is 8.16. The summed E-state index contributed by atoms with van der Waals surface area (Å²) < 4.78 is 0. The van der Waals surface area contributed by atoms with Gasteiger partial charge in [0.1, 0.15) is 0 Å². The minimum Gasteiger partial charge on any atom is -0.374 e. The van der Waals surface area contributed by atoms with E-state index in [4.69, 9.17) is 0 Å². The first-order valence-corrected chi connectivity index (χ1v) is 4.68. The second-order valence-electron chi connectivity index (χ2n) is 3.49. The molecule has 1 aliphatic rings. The molecule has 0 saturated heterocycles. The van der Waals surface area contributed by atoms with Crippen molar-refractivity contribution < 1.29 is 4.79 Å². The molecule has 0 atom stereocenters. The molecule has 72 valence electrons. The van der Waals surface area contributed by atoms with E-state index in [9.17, 15) is 4.79 Å². The molecule has 0 unspecified atom stereocenters. The van der Waals surface area contributed by atoms with Crippen LogP contribution in [0.1, 0.15) is 11.1 Å². The third kappa shape index (κ3) is 1.42. The van der Waals surface area contributed by atoms with Gasteiger partial charge in [-0.2, -0.15) is 0 Å². The van der Waals surface area contributed by atoms with Crippen molar-refractivity contribution in [1.82, 2.24) is 0 Å². The lowest BCUT2D eigenvalue weighted by Crippen LogP contribution is -2.12. The maximum atomic E-state index is 10.0. The van der Waals surface area contributed by atoms with Crippen LogP contribution in [0.15, 0.2) is 23.2 Å². The summed E-state index contributed by atoms with van der Waals surface area (Å²) in [5, 5.41) is 0. The summed E-state index contributed by atoms with van der Waals surface area (Å²) in [6.07, 6.45) is 2.63. The second kappa shape index (κ2) is 3.64. The molecular formula is C11H12N2O. The largest absolute Gasteiger partial charge is 0.374 e. The third-order valence-corrected chi connectivity index (χ3v) is 2.67. The molecule has 14 heavy (non-hydrogen) atoms. The first kappa shape index (κ1) is 8.97. The molecule has 0 radical (unpaired) electrons. The third-order valence-electron chi connectivity index (χ3n) is 2.67. The molecule has 1 aromatic rings. The highest BCUT2D eigenvalue weighted by atomic mass is 16.1. The molecule has 0 amide bonds. The standard InChI is InChI=1S/C11H12N2O/c1-13-6-5-10-9(7-12-8-14)3-2-4-11(10)13/h2-4H,5-7H2,1H3. The van der Waals surface area contributed by atoms with E-state index < -0.39 is 0 Å². The number of aliphatic imine (C=N–C) groups is 1. The molecule has 1 aromatic carbocycles. The number of fused-ring (bicyclic) bond motifs is 1. The van der Waals surface area contributed by atoms with Crippen molar-refractivity contribution >= 4 is 11.8 Å². The lowest BCUT2D eigenvalue weighted by Gasteiger charge is -2.12. The maximum Gasteiger partial charge on any atom is 0.235 e. The van der Waals surface area contributed by atoms with Crippen molar-refractivity contribution in [1.29, 1.82) is 0 Å². The fourth-order valence-corrected chi connectivity index (χ4v) is 1.93. The summed E-state index contributed by atoms with van der Waals surface area (Å²) in [6.45, 7) is 1.51. The van der Waals surface area contributed by atoms with Gasteiger partial charge in [0.15, 0.2) is 0 Å². The number of carbonyl (C=O) groups excluding carboxylic acids is 1. The number of rotatable bonds is 2. The molecule has 0 spiro atoms. The van der Waals surface area contributed by atoms with Crippen LogP contribution in [0.5, 0.6) is 0 Å². The van der Waals surface area contributed by atoms with Crippen LogP contribution in [0.2, 0.25) is 0 Å². The van der Waals surface area contributed by atoms with Crippen molar-refractivity contribution in [3.8, 4) is 0 Å². The van der Waals surface area contributed by atoms with Gasteiger partial charge in [-0.3, -0.25) is 0 Å². The van der Waals surface area contributed by atoms with Crippen molar-refractivity contribution in [2.24, 2.45) is 4.99 Å². The van der Waals surface area contributed by atoms with Crippen LogP contribution in [0.25, 0.3) is 0 Å². The number of hydrogen-bond acceptors (Lipinski definition) is 3. The molecular weight excluding hydrogens is 176 g/mol. The van der Waals surface area contributed by atoms with E-state index in [1.807, 2.05) is 12.1 Å². The fraction of sp³-hybridized carbons (Fsp3) is 0.364. The minimum absolute atomic E-state index is 0.459. The molecule has 0 fully saturated rings. The fourth-order valence-electron chi connectivity index (χ4n) is 1.93. The zero-order valence-electron chi connectivity index (χ0n) is 8.16. The van der Waals surface area contributed by atoms with Gasteiger partial charge in [-0.1, -0.05) is 12.1 Å². The Morgan fingerprint density at radius 1 is 1.57 bits per heavy atom. The van der Waals surface area contributed by atoms with Gasteiger partial charge in [-0.05, 0) is 23.6 Å². The van der Waals surface area contributed by atoms with Crippen LogP contribution < -0.4 is 4.90 Å². The Kier molecular flexibility index (Phi) is 2.33. The predicted molar refractivity (Wildman–Crippen MR) is 55.2 cm³/mol. The summed E-state index contributed by atoms with van der Waals surface area (Å²) >= 11 is 0. The van der Waals surface area contributed by atoms with Crippen molar-refractivity contribution in [3.05, 3.63) is 29.3 Å². The van der Waals surface area contributed by atoms with Gasteiger partial charge in [0, 0.05) is 19.3 Å². The van der Waals surface area contributed by atoms with Crippen LogP contribution in [-0.2, 0) is 17.8 Å². The number of likely N-dealkylation sites (N-methyl/N-ethyl adjacent to an activating group) is 1. The van der Waals surface area contributed by atoms with Gasteiger partial charge in [0.2, 0.25) is 6.08 Å². The summed E-state index contributed by atoms with van der Waals surface area (Å²) in [6, 6.07) is 6.14. The first-order chi connectivity index (χ1) is 6.83. The van der Waals surface area contributed by atoms with E-state index in [1.54, 1.807) is 6.08 Å². The number of anilines is 1. The topological polar surface area (TPSA) is 32.7 Å². The average molecular weight is 188 g/mol. The van der Waals surface area contributed by atoms with E-state index in [2.05, 4.69) is 23.0 Å². The van der Waals surface area contributed by atoms with Crippen LogP contribution >= 0.6 is 0 Å². The van der Waals surface area contributed by atoms with Gasteiger partial charge in [-0.15, -0.1) is 0 Å². The summed E-state index contributed by atoms with van der Waals surface area (Å²) in [5.41, 5.74) is 3.74. The molecule has 1 aliphatic heterocycles. The van der Waals surface area contributed by atoms with E-state index in [-0.39, 0.29) is 0 Å². The minimum atomic E-state index is 0.459. The van der Waals surface area contributed by atoms with Crippen LogP contribution in [0.4, 0.5) is 5.69 Å². The maximum absolute atomic E-state index is 10.0. The average Bonchev–Trinajstić information content (AvgIpc) is 2.58. The quantitative estimate of drug-likeness (QED) is 0.520. The highest BCUT2D eigenvalue weighted by Gasteiger charge is 2.17. The highest BCUT2D eigenvalue weighted by Crippen LogP contribution is 2.29. The van der Waals surface area contributed by atoms with E-state index in [1.165, 1.54) is 11.3 Å². The Hall–Kier alpha value is -1.60. The molecule has 0 aromatic heterocycles. The SMILES string of the molecule is CN1CCc2c(CN=C=O)cccc21. The summed E-state index contributed by atoms with van der Waals surface area (Å²) in [5.74, 6) is 0. The first-order valence-electron chi connectivity index (χ1n) is 4.68. The Balaban J connectivity index is 2.38. The van der Waals surface area contributed by atoms with Crippen molar-refractivity contribution in [2.75, 3.05) is 18.5 Å². The summed E-state index contributed by atoms with van der Waals surface area (Å²) in [4.78, 5) is 15.9. The lowest BCUT2D eigenvalue weighted by molar-refractivity contribution is 0.562. The Morgan fingerprint density at radius 2 is 2.43 bits per heavy atom. The molecule has 0 N–H and O–H groups in total. The molecule has 0 saturated carbocycles. The lowest BCUT2D eigenvalue weighted by atomic mass is 10.1. The van der Waals surface area contributed by atoms with Crippen LogP contribution in [0, 0.1) is 0 Å². The van der Waals surface area contributed by atoms with Gasteiger partial charge in [0.05, 0.1) is 6.54 Å². The normalized spacial score (nSPS) is 13.6. The van der Waals surface area contributed by atoms with Gasteiger partial charge in [-0.25, -0.2) is 9.79 Å². The molecule has 2 rings (SSSR count). The zero-order chi connectivity index (χ0) is 9.97. The van der Waals surface area contributed by atoms with Crippen LogP contribution in [0.3, 0.4) is 0 Å². The van der Waals surface area contributed by atoms with Gasteiger partial charge >= 0.3 is 0 Å². The van der Waals surface area contributed by atoms with Gasteiger partial charge < -0.3 is 4.90 Å². The van der Waals surface area contributed by atoms with E-state index in [0.717, 1.165) is 18.5 Å². The molecule has 3 nitrogen and oxygen atoms in total. The molecule has 1 heterocycles. The number of benzene rings is 1. The molecule has 3 heteroatoms. The molecule has 0 bridgehead atoms. The Morgan fingerprint density at radius 3 is 3.21 bits per heavy atom. The van der Waals surface area contributed by atoms with Gasteiger partial charge in [0.25, 0.3) is 0 Å². The number of hydrogen-bond donors (Lipinski definition) is 0. The molecule has 0 aliphatic carbocycles. The summed E-state index contributed by atoms with van der Waals surface area (Å²) in [7, 11) is 2.08. The Labute approximate surface area is 83.1 Å². The highest BCUT2D eigenvalue weighted by molar-refractivity contribution is 5.60. The monoisotopic (exact) mass is 188 g/mol. The smallest absolute Gasteiger partial charge is 0.235 e. The van der Waals surface area contributed by atoms with E-state index in [0.29, 0.717) is 6.54 Å². The van der Waals surface area contributed by atoms with Crippen LogP contribution in [-0.4, -0.2) is 19.7 Å². The second-order valence-corrected chi connectivity index (χ2v) is 3.49. The van der Waals surface area contributed by atoms with E-state index >= 15 is 0 Å². The number of isocyanates is 1. The van der Waals surface area contributed by atoms with Crippen molar-refractivity contribution in [3.63, 3.8) is 0 Å². The number of nitrogens with zero attached hydrogens (tertiary/aromatic N) is 2.